The van der Waals surface area contributed by atoms with E-state index in [1.54, 1.807) is 30.3 Å². The fourth-order valence-electron chi connectivity index (χ4n) is 8.52. The van der Waals surface area contributed by atoms with Crippen LogP contribution in [0.3, 0.4) is 0 Å². The Hall–Kier alpha value is -3.04. The van der Waals surface area contributed by atoms with Gasteiger partial charge in [-0.1, -0.05) is 144 Å². The summed E-state index contributed by atoms with van der Waals surface area (Å²) in [4.78, 5) is 17.7. The first-order valence-corrected chi connectivity index (χ1v) is 19.6. The highest BCUT2D eigenvalue weighted by Crippen LogP contribution is 2.64. The van der Waals surface area contributed by atoms with Crippen molar-refractivity contribution in [1.82, 2.24) is 4.90 Å². The van der Waals surface area contributed by atoms with Crippen molar-refractivity contribution in [2.75, 3.05) is 5.32 Å². The molecular weight excluding hydrogens is 710 g/mol. The lowest BCUT2D eigenvalue weighted by molar-refractivity contribution is -0.123. The number of aliphatic hydroxyl groups excluding tert-OH is 1. The van der Waals surface area contributed by atoms with Crippen LogP contribution in [-0.4, -0.2) is 43.4 Å². The Morgan fingerprint density at radius 3 is 2.10 bits per heavy atom. The predicted octanol–water partition coefficient (Wildman–Crippen LogP) is 10.7. The Morgan fingerprint density at radius 1 is 0.885 bits per heavy atom. The van der Waals surface area contributed by atoms with E-state index >= 15 is 9.18 Å². The predicted molar refractivity (Wildman–Crippen MR) is 211 cm³/mol. The summed E-state index contributed by atoms with van der Waals surface area (Å²) in [5, 5.41) is 16.2. The number of aliphatic hydroxyl groups is 1. The van der Waals surface area contributed by atoms with Crippen LogP contribution in [0.1, 0.15) is 102 Å². The SMILES string of the molecule is CC(C)(C)CC1N(C(c2ccccc2)C(O)c2ccccc2)C(C(C)(C)O[Si]C(C)(C)C)C(c2cccc(Cl)c2F)C12C(=O)Nc1cc(Cl)ccc12. The van der Waals surface area contributed by atoms with Crippen LogP contribution in [0.5, 0.6) is 0 Å². The minimum atomic E-state index is -1.35. The van der Waals surface area contributed by atoms with Crippen LogP contribution < -0.4 is 5.32 Å². The van der Waals surface area contributed by atoms with Gasteiger partial charge in [0.2, 0.25) is 15.7 Å². The van der Waals surface area contributed by atoms with Crippen LogP contribution in [-0.2, 0) is 14.6 Å². The number of carbonyl (C=O) groups excluding carboxylic acids is 1. The van der Waals surface area contributed by atoms with Crippen molar-refractivity contribution < 1.29 is 18.7 Å². The van der Waals surface area contributed by atoms with Crippen molar-refractivity contribution in [3.05, 3.63) is 135 Å². The van der Waals surface area contributed by atoms with Crippen LogP contribution in [0, 0.1) is 11.2 Å². The molecule has 2 radical (unpaired) electrons. The van der Waals surface area contributed by atoms with Gasteiger partial charge in [-0.2, -0.15) is 0 Å². The molecule has 4 aromatic carbocycles. The van der Waals surface area contributed by atoms with Gasteiger partial charge in [0.1, 0.15) is 11.2 Å². The molecule has 1 saturated heterocycles. The van der Waals surface area contributed by atoms with E-state index in [4.69, 9.17) is 27.6 Å². The maximum absolute atomic E-state index is 16.9. The molecule has 0 aliphatic carbocycles. The topological polar surface area (TPSA) is 61.8 Å². The van der Waals surface area contributed by atoms with Gasteiger partial charge in [-0.3, -0.25) is 9.69 Å². The molecule has 0 bridgehead atoms. The normalized spacial score (nSPS) is 23.5. The highest BCUT2D eigenvalue weighted by Gasteiger charge is 2.71. The molecule has 1 amide bonds. The van der Waals surface area contributed by atoms with Crippen molar-refractivity contribution >= 4 is 44.6 Å². The van der Waals surface area contributed by atoms with Gasteiger partial charge in [0.05, 0.1) is 22.8 Å². The van der Waals surface area contributed by atoms with Gasteiger partial charge in [0.25, 0.3) is 0 Å². The van der Waals surface area contributed by atoms with E-state index in [9.17, 15) is 5.11 Å². The second-order valence-corrected chi connectivity index (χ2v) is 19.8. The number of benzene rings is 4. The smallest absolute Gasteiger partial charge is 0.237 e. The third-order valence-electron chi connectivity index (χ3n) is 10.4. The van der Waals surface area contributed by atoms with Crippen LogP contribution >= 0.6 is 23.2 Å². The molecule has 6 atom stereocenters. The molecule has 0 aromatic heterocycles. The van der Waals surface area contributed by atoms with Gasteiger partial charge >= 0.3 is 0 Å². The van der Waals surface area contributed by atoms with E-state index in [1.165, 1.54) is 0 Å². The van der Waals surface area contributed by atoms with E-state index in [1.807, 2.05) is 80.6 Å². The van der Waals surface area contributed by atoms with Crippen molar-refractivity contribution in [3.63, 3.8) is 0 Å². The molecule has 2 aliphatic rings. The molecule has 2 aliphatic heterocycles. The molecule has 2 N–H and O–H groups in total. The number of hydrogen-bond acceptors (Lipinski definition) is 4. The summed E-state index contributed by atoms with van der Waals surface area (Å²) >= 11 is 13.2. The number of halogens is 3. The first-order valence-electron chi connectivity index (χ1n) is 17.9. The van der Waals surface area contributed by atoms with Gasteiger partial charge in [-0.15, -0.1) is 0 Å². The zero-order valence-corrected chi connectivity index (χ0v) is 33.7. The number of nitrogens with one attached hydrogen (secondary N) is 1. The molecule has 0 saturated carbocycles. The Morgan fingerprint density at radius 2 is 1.50 bits per heavy atom. The molecule has 9 heteroatoms. The minimum absolute atomic E-state index is 0.0221. The number of amides is 1. The van der Waals surface area contributed by atoms with Gasteiger partial charge in [0, 0.05) is 28.7 Å². The number of fused-ring (bicyclic) bond motifs is 2. The maximum atomic E-state index is 16.9. The van der Waals surface area contributed by atoms with E-state index < -0.39 is 47.0 Å². The molecule has 4 aromatic rings. The Bertz CT molecular complexity index is 1910. The zero-order chi connectivity index (χ0) is 37.8. The van der Waals surface area contributed by atoms with Crippen molar-refractivity contribution in [2.45, 2.75) is 108 Å². The third-order valence-corrected chi connectivity index (χ3v) is 12.2. The van der Waals surface area contributed by atoms with Crippen molar-refractivity contribution in [2.24, 2.45) is 5.41 Å². The standard InChI is InChI=1S/C43H49Cl2FN2O3Si/c1-40(2,3)25-33-43(30-23-22-28(44)24-32(30)47-39(43)50)34(29-20-15-21-31(45)35(29)46)38(42(7,8)51-52-41(4,5)6)48(33)36(26-16-11-9-12-17-26)37(49)27-18-13-10-14-19-27/h9-24,33-34,36-38,49H,25H2,1-8H3,(H,47,50). The largest absolute Gasteiger partial charge is 0.410 e. The second-order valence-electron chi connectivity index (χ2n) is 17.1. The van der Waals surface area contributed by atoms with E-state index in [0.717, 1.165) is 16.7 Å². The molecule has 5 nitrogen and oxygen atoms in total. The summed E-state index contributed by atoms with van der Waals surface area (Å²) in [5.74, 6) is -1.63. The highest BCUT2D eigenvalue weighted by molar-refractivity contribution is 6.32. The van der Waals surface area contributed by atoms with Gasteiger partial charge in [0.15, 0.2) is 0 Å². The summed E-state index contributed by atoms with van der Waals surface area (Å²) in [6.07, 6.45) is -0.497. The number of likely N-dealkylation sites (tertiary alicyclic amines) is 1. The molecule has 1 spiro atoms. The minimum Gasteiger partial charge on any atom is -0.410 e. The lowest BCUT2D eigenvalue weighted by Gasteiger charge is -2.48. The van der Waals surface area contributed by atoms with Crippen LogP contribution in [0.25, 0.3) is 0 Å². The number of hydrogen-bond donors (Lipinski definition) is 2. The van der Waals surface area contributed by atoms with E-state index in [0.29, 0.717) is 22.7 Å². The lowest BCUT2D eigenvalue weighted by atomic mass is 9.61. The molecule has 6 rings (SSSR count). The number of nitrogens with zero attached hydrogens (tertiary/aromatic N) is 1. The van der Waals surface area contributed by atoms with Gasteiger partial charge < -0.3 is 14.8 Å². The van der Waals surface area contributed by atoms with Crippen LogP contribution in [0.15, 0.2) is 97.1 Å². The molecular formula is C43H49Cl2FN2O3Si. The number of rotatable bonds is 9. The van der Waals surface area contributed by atoms with Crippen LogP contribution in [0.2, 0.25) is 15.1 Å². The summed E-state index contributed by atoms with van der Waals surface area (Å²) in [5.41, 5.74) is 0.622. The first kappa shape index (κ1) is 38.7. The monoisotopic (exact) mass is 758 g/mol. The number of carbonyl (C=O) groups is 1. The zero-order valence-electron chi connectivity index (χ0n) is 31.2. The van der Waals surface area contributed by atoms with Gasteiger partial charge in [-0.25, -0.2) is 4.39 Å². The average molecular weight is 760 g/mol. The molecule has 274 valence electrons. The summed E-state index contributed by atoms with van der Waals surface area (Å²) in [6, 6.07) is 28.2. The molecule has 52 heavy (non-hydrogen) atoms. The fourth-order valence-corrected chi connectivity index (χ4v) is 9.56. The Kier molecular flexibility index (Phi) is 10.6. The molecule has 2 heterocycles. The van der Waals surface area contributed by atoms with Crippen molar-refractivity contribution in [3.8, 4) is 0 Å². The summed E-state index contributed by atoms with van der Waals surface area (Å²) < 4.78 is 24.0. The molecule has 6 unspecified atom stereocenters. The highest BCUT2D eigenvalue weighted by atomic mass is 35.5. The fraction of sp³-hybridized carbons (Fsp3) is 0.419. The first-order chi connectivity index (χ1) is 24.4. The molecule has 1 fully saturated rings. The second kappa shape index (κ2) is 14.3. The summed E-state index contributed by atoms with van der Waals surface area (Å²) in [7, 11) is 0.0882. The average Bonchev–Trinajstić information content (AvgIpc) is 3.52. The number of anilines is 1. The Labute approximate surface area is 320 Å². The summed E-state index contributed by atoms with van der Waals surface area (Å²) in [6.45, 7) is 16.9. The van der Waals surface area contributed by atoms with Crippen molar-refractivity contribution in [1.29, 1.82) is 0 Å². The quantitative estimate of drug-likeness (QED) is 0.167. The van der Waals surface area contributed by atoms with E-state index in [2.05, 4.69) is 51.8 Å². The maximum Gasteiger partial charge on any atom is 0.237 e. The van der Waals surface area contributed by atoms with Gasteiger partial charge in [-0.05, 0) is 71.2 Å². The third kappa shape index (κ3) is 7.13. The lowest BCUT2D eigenvalue weighted by Crippen LogP contribution is -2.55. The van der Waals surface area contributed by atoms with Crippen LogP contribution in [0.4, 0.5) is 10.1 Å². The Balaban J connectivity index is 1.77. The van der Waals surface area contributed by atoms with E-state index in [-0.39, 0.29) is 31.1 Å².